The van der Waals surface area contributed by atoms with E-state index < -0.39 is 5.54 Å². The maximum atomic E-state index is 14.5. The van der Waals surface area contributed by atoms with Gasteiger partial charge in [-0.2, -0.15) is 0 Å². The summed E-state index contributed by atoms with van der Waals surface area (Å²) in [5.41, 5.74) is 2.37. The van der Waals surface area contributed by atoms with E-state index in [9.17, 15) is 9.59 Å². The number of aromatic nitrogens is 1. The van der Waals surface area contributed by atoms with Crippen LogP contribution in [-0.2, 0) is 23.4 Å². The van der Waals surface area contributed by atoms with Gasteiger partial charge in [-0.05, 0) is 60.2 Å². The lowest BCUT2D eigenvalue weighted by atomic mass is 9.82. The highest BCUT2D eigenvalue weighted by Gasteiger charge is 2.53. The minimum atomic E-state index is -1.15. The van der Waals surface area contributed by atoms with Crippen molar-refractivity contribution in [3.05, 3.63) is 95.0 Å². The fraction of sp³-hybridized carbons (Fsp3) is 0.333. The van der Waals surface area contributed by atoms with Crippen molar-refractivity contribution in [3.63, 3.8) is 0 Å². The van der Waals surface area contributed by atoms with E-state index in [1.54, 1.807) is 11.3 Å². The second-order valence-corrected chi connectivity index (χ2v) is 11.3. The van der Waals surface area contributed by atoms with Crippen molar-refractivity contribution in [1.29, 1.82) is 0 Å². The summed E-state index contributed by atoms with van der Waals surface area (Å²) in [5.74, 6) is 0.506. The number of benzene rings is 2. The van der Waals surface area contributed by atoms with Gasteiger partial charge in [0.2, 0.25) is 0 Å². The normalized spacial score (nSPS) is 24.0. The van der Waals surface area contributed by atoms with Crippen molar-refractivity contribution in [2.45, 2.75) is 57.3 Å². The molecule has 6 heteroatoms. The Morgan fingerprint density at radius 2 is 1.69 bits per heavy atom. The van der Waals surface area contributed by atoms with Crippen LogP contribution in [0.1, 0.15) is 54.2 Å². The molecule has 0 bridgehead atoms. The van der Waals surface area contributed by atoms with Crippen LogP contribution < -0.4 is 5.32 Å². The molecule has 1 saturated carbocycles. The standard InChI is InChI=1S/C30H31N3O2S/c1-21-12-14-24(15-13-21)31-29(35)30(23-10-6-3-7-11-23)20-32-25-16-17-36-27(25)18-26(32)28(34)33(30)19-22-8-4-2-5-9-22/h2-11,16-18,21,24H,12-15,19-20H2,1H3,(H,31,35)/t21?,24?,30-/m1/s1. The zero-order valence-electron chi connectivity index (χ0n) is 20.5. The largest absolute Gasteiger partial charge is 0.351 e. The highest BCUT2D eigenvalue weighted by Crippen LogP contribution is 2.41. The number of nitrogens with zero attached hydrogens (tertiary/aromatic N) is 2. The van der Waals surface area contributed by atoms with E-state index in [0.717, 1.165) is 47.0 Å². The van der Waals surface area contributed by atoms with Gasteiger partial charge in [-0.1, -0.05) is 67.6 Å². The van der Waals surface area contributed by atoms with Crippen LogP contribution in [0.2, 0.25) is 0 Å². The molecule has 1 atom stereocenters. The molecule has 2 aromatic carbocycles. The first kappa shape index (κ1) is 23.0. The van der Waals surface area contributed by atoms with Gasteiger partial charge in [0.1, 0.15) is 5.69 Å². The second kappa shape index (κ2) is 9.25. The molecule has 1 fully saturated rings. The predicted molar refractivity (Wildman–Crippen MR) is 144 cm³/mol. The van der Waals surface area contributed by atoms with Gasteiger partial charge in [0.15, 0.2) is 5.54 Å². The van der Waals surface area contributed by atoms with Gasteiger partial charge in [-0.25, -0.2) is 0 Å². The summed E-state index contributed by atoms with van der Waals surface area (Å²) < 4.78 is 3.13. The molecule has 2 aromatic heterocycles. The number of amides is 2. The van der Waals surface area contributed by atoms with E-state index >= 15 is 0 Å². The molecule has 4 aromatic rings. The van der Waals surface area contributed by atoms with Gasteiger partial charge in [0, 0.05) is 12.6 Å². The molecule has 0 radical (unpaired) electrons. The van der Waals surface area contributed by atoms with Crippen LogP contribution in [0, 0.1) is 5.92 Å². The Morgan fingerprint density at radius 1 is 1.00 bits per heavy atom. The monoisotopic (exact) mass is 497 g/mol. The van der Waals surface area contributed by atoms with E-state index in [2.05, 4.69) is 22.9 Å². The Hall–Kier alpha value is -3.38. The number of carbonyl (C=O) groups excluding carboxylic acids is 2. The number of carbonyl (C=O) groups is 2. The van der Waals surface area contributed by atoms with Crippen LogP contribution in [0.4, 0.5) is 0 Å². The lowest BCUT2D eigenvalue weighted by Gasteiger charge is -2.47. The van der Waals surface area contributed by atoms with E-state index in [1.165, 1.54) is 0 Å². The number of fused-ring (bicyclic) bond motifs is 3. The molecule has 1 N–H and O–H groups in total. The van der Waals surface area contributed by atoms with Crippen LogP contribution >= 0.6 is 11.3 Å². The number of rotatable bonds is 5. The summed E-state index contributed by atoms with van der Waals surface area (Å²) in [6.45, 7) is 3.03. The van der Waals surface area contributed by atoms with Gasteiger partial charge in [0.05, 0.1) is 16.8 Å². The molecule has 0 spiro atoms. The molecule has 184 valence electrons. The number of hydrogen-bond donors (Lipinski definition) is 1. The van der Waals surface area contributed by atoms with E-state index in [-0.39, 0.29) is 17.9 Å². The minimum absolute atomic E-state index is 0.0831. The SMILES string of the molecule is CC1CCC(NC(=O)[C@]2(c3ccccc3)Cn3c(cc4sccc43)C(=O)N2Cc2ccccc2)CC1. The fourth-order valence-electron chi connectivity index (χ4n) is 5.92. The van der Waals surface area contributed by atoms with Crippen LogP contribution in [0.15, 0.2) is 78.2 Å². The van der Waals surface area contributed by atoms with Gasteiger partial charge in [0.25, 0.3) is 11.8 Å². The number of thiophene rings is 1. The Morgan fingerprint density at radius 3 is 2.42 bits per heavy atom. The molecule has 36 heavy (non-hydrogen) atoms. The maximum Gasteiger partial charge on any atom is 0.272 e. The predicted octanol–water partition coefficient (Wildman–Crippen LogP) is 5.95. The van der Waals surface area contributed by atoms with Crippen LogP contribution in [-0.4, -0.2) is 27.3 Å². The molecule has 0 unspecified atom stereocenters. The van der Waals surface area contributed by atoms with Gasteiger partial charge in [-0.15, -0.1) is 11.3 Å². The van der Waals surface area contributed by atoms with Crippen LogP contribution in [0.3, 0.4) is 0 Å². The molecule has 2 aliphatic rings. The molecule has 1 aliphatic carbocycles. The first-order valence-electron chi connectivity index (χ1n) is 12.9. The van der Waals surface area contributed by atoms with Crippen molar-refractivity contribution in [2.24, 2.45) is 5.92 Å². The zero-order chi connectivity index (χ0) is 24.7. The van der Waals surface area contributed by atoms with Crippen molar-refractivity contribution < 1.29 is 9.59 Å². The Labute approximate surface area is 215 Å². The Balaban J connectivity index is 1.50. The van der Waals surface area contributed by atoms with Crippen molar-refractivity contribution in [1.82, 2.24) is 14.8 Å². The summed E-state index contributed by atoms with van der Waals surface area (Å²) in [7, 11) is 0. The Bertz CT molecular complexity index is 1390. The smallest absolute Gasteiger partial charge is 0.272 e. The molecule has 5 nitrogen and oxygen atoms in total. The quantitative estimate of drug-likeness (QED) is 0.370. The fourth-order valence-corrected chi connectivity index (χ4v) is 6.74. The summed E-state index contributed by atoms with van der Waals surface area (Å²) in [6.07, 6.45) is 4.20. The average Bonchev–Trinajstić information content (AvgIpc) is 3.50. The van der Waals surface area contributed by atoms with Crippen molar-refractivity contribution >= 4 is 33.4 Å². The van der Waals surface area contributed by atoms with Crippen molar-refractivity contribution in [3.8, 4) is 0 Å². The summed E-state index contributed by atoms with van der Waals surface area (Å²) >= 11 is 1.63. The topological polar surface area (TPSA) is 54.3 Å². The third-order valence-electron chi connectivity index (χ3n) is 8.00. The first-order valence-corrected chi connectivity index (χ1v) is 13.7. The van der Waals surface area contributed by atoms with Crippen LogP contribution in [0.5, 0.6) is 0 Å². The van der Waals surface area contributed by atoms with Gasteiger partial charge >= 0.3 is 0 Å². The second-order valence-electron chi connectivity index (χ2n) is 10.3. The molecule has 6 rings (SSSR count). The van der Waals surface area contributed by atoms with Crippen molar-refractivity contribution in [2.75, 3.05) is 0 Å². The lowest BCUT2D eigenvalue weighted by molar-refractivity contribution is -0.136. The molecule has 2 amide bonds. The molecule has 1 aliphatic heterocycles. The van der Waals surface area contributed by atoms with Crippen LogP contribution in [0.25, 0.3) is 10.2 Å². The van der Waals surface area contributed by atoms with E-state index in [1.807, 2.05) is 77.0 Å². The number of hydrogen-bond acceptors (Lipinski definition) is 3. The zero-order valence-corrected chi connectivity index (χ0v) is 21.3. The Kier molecular flexibility index (Phi) is 5.92. The van der Waals surface area contributed by atoms with Gasteiger partial charge < -0.3 is 14.8 Å². The maximum absolute atomic E-state index is 14.5. The first-order chi connectivity index (χ1) is 17.6. The lowest BCUT2D eigenvalue weighted by Crippen LogP contribution is -2.64. The number of nitrogens with one attached hydrogen (secondary N) is 1. The summed E-state index contributed by atoms with van der Waals surface area (Å²) in [5, 5.41) is 5.45. The highest BCUT2D eigenvalue weighted by molar-refractivity contribution is 7.17. The third kappa shape index (κ3) is 3.84. The molecule has 0 saturated heterocycles. The average molecular weight is 498 g/mol. The summed E-state index contributed by atoms with van der Waals surface area (Å²) in [6, 6.07) is 24.0. The molecular formula is C30H31N3O2S. The van der Waals surface area contributed by atoms with Gasteiger partial charge in [-0.3, -0.25) is 9.59 Å². The van der Waals surface area contributed by atoms with E-state index in [4.69, 9.17) is 0 Å². The minimum Gasteiger partial charge on any atom is -0.351 e. The van der Waals surface area contributed by atoms with E-state index in [0.29, 0.717) is 24.7 Å². The summed E-state index contributed by atoms with van der Waals surface area (Å²) in [4.78, 5) is 30.6. The molecule has 3 heterocycles. The highest BCUT2D eigenvalue weighted by atomic mass is 32.1. The molecular weight excluding hydrogens is 466 g/mol. The third-order valence-corrected chi connectivity index (χ3v) is 8.85.